The van der Waals surface area contributed by atoms with E-state index < -0.39 is 0 Å². The van der Waals surface area contributed by atoms with Gasteiger partial charge < -0.3 is 19.9 Å². The van der Waals surface area contributed by atoms with Crippen LogP contribution >= 0.6 is 0 Å². The number of aromatic nitrogens is 3. The molecule has 0 saturated carbocycles. The zero-order valence-electron chi connectivity index (χ0n) is 15.9. The fourth-order valence-corrected chi connectivity index (χ4v) is 3.52. The molecule has 2 aliphatic heterocycles. The minimum Gasteiger partial charge on any atom is -0.379 e. The van der Waals surface area contributed by atoms with E-state index in [1.54, 1.807) is 6.20 Å². The number of nitrogens with one attached hydrogen (secondary N) is 1. The summed E-state index contributed by atoms with van der Waals surface area (Å²) in [5, 5.41) is 11.5. The first-order chi connectivity index (χ1) is 13.8. The smallest absolute Gasteiger partial charge is 0.244 e. The average molecular weight is 387 g/mol. The van der Waals surface area contributed by atoms with Gasteiger partial charge >= 0.3 is 0 Å². The molecule has 0 radical (unpaired) electrons. The molecule has 1 aromatic carbocycles. The van der Waals surface area contributed by atoms with Gasteiger partial charge in [-0.05, 0) is 24.3 Å². The van der Waals surface area contributed by atoms with E-state index in [9.17, 15) is 4.39 Å². The van der Waals surface area contributed by atoms with Crippen molar-refractivity contribution in [1.82, 2.24) is 20.1 Å². The third-order valence-corrected chi connectivity index (χ3v) is 5.16. The largest absolute Gasteiger partial charge is 0.379 e. The predicted octanol–water partition coefficient (Wildman–Crippen LogP) is 1.08. The molecule has 0 bridgehead atoms. The molecule has 2 aromatic rings. The van der Waals surface area contributed by atoms with Crippen molar-refractivity contribution in [3.05, 3.63) is 36.3 Å². The number of nitrogens with zero attached hydrogens (tertiary/aromatic N) is 6. The Hall–Kier alpha value is -2.52. The van der Waals surface area contributed by atoms with Crippen molar-refractivity contribution in [1.29, 1.82) is 0 Å². The molecule has 0 aliphatic carbocycles. The molecule has 1 N–H and O–H groups in total. The topological polar surface area (TPSA) is 69.7 Å². The first kappa shape index (κ1) is 18.8. The summed E-state index contributed by atoms with van der Waals surface area (Å²) in [5.41, 5.74) is 1.05. The fraction of sp³-hybridized carbons (Fsp3) is 0.526. The Bertz CT molecular complexity index is 746. The molecule has 1 aromatic heterocycles. The van der Waals surface area contributed by atoms with Crippen molar-refractivity contribution in [3.63, 3.8) is 0 Å². The lowest BCUT2D eigenvalue weighted by Crippen LogP contribution is -2.47. The third-order valence-electron chi connectivity index (χ3n) is 5.16. The van der Waals surface area contributed by atoms with Crippen molar-refractivity contribution >= 4 is 17.5 Å². The van der Waals surface area contributed by atoms with E-state index in [0.717, 1.165) is 77.1 Å². The Labute approximate surface area is 164 Å². The minimum absolute atomic E-state index is 0.205. The van der Waals surface area contributed by atoms with Crippen LogP contribution in [0.3, 0.4) is 0 Å². The molecule has 9 heteroatoms. The van der Waals surface area contributed by atoms with E-state index in [1.807, 2.05) is 12.1 Å². The van der Waals surface area contributed by atoms with Gasteiger partial charge in [-0.1, -0.05) is 0 Å². The maximum Gasteiger partial charge on any atom is 0.244 e. The van der Waals surface area contributed by atoms with Crippen LogP contribution in [0.1, 0.15) is 0 Å². The van der Waals surface area contributed by atoms with Gasteiger partial charge in [-0.2, -0.15) is 10.1 Å². The van der Waals surface area contributed by atoms with Crippen LogP contribution < -0.4 is 15.1 Å². The van der Waals surface area contributed by atoms with Crippen LogP contribution in [0.15, 0.2) is 30.5 Å². The molecule has 2 saturated heterocycles. The standard InChI is InChI=1S/C19H26FN7O/c20-16-1-3-17(4-2-16)26-7-9-27(10-8-26)18-15-22-24-19(23-18)21-5-6-25-11-13-28-14-12-25/h1-4,15H,5-14H2,(H,21,23,24). The van der Waals surface area contributed by atoms with E-state index >= 15 is 0 Å². The predicted molar refractivity (Wildman–Crippen MR) is 106 cm³/mol. The van der Waals surface area contributed by atoms with Gasteiger partial charge in [0.05, 0.1) is 19.4 Å². The average Bonchev–Trinajstić information content (AvgIpc) is 2.75. The van der Waals surface area contributed by atoms with E-state index in [4.69, 9.17) is 4.74 Å². The van der Waals surface area contributed by atoms with Gasteiger partial charge in [-0.15, -0.1) is 5.10 Å². The summed E-state index contributed by atoms with van der Waals surface area (Å²) in [7, 11) is 0. The molecule has 0 amide bonds. The van der Waals surface area contributed by atoms with Crippen LogP contribution in [0, 0.1) is 5.82 Å². The number of morpholine rings is 1. The van der Waals surface area contributed by atoms with Gasteiger partial charge in [0.2, 0.25) is 5.95 Å². The minimum atomic E-state index is -0.205. The van der Waals surface area contributed by atoms with Crippen molar-refractivity contribution in [2.75, 3.05) is 80.7 Å². The molecule has 2 aliphatic rings. The monoisotopic (exact) mass is 387 g/mol. The van der Waals surface area contributed by atoms with Crippen molar-refractivity contribution in [2.45, 2.75) is 0 Å². The number of hydrogen-bond acceptors (Lipinski definition) is 8. The van der Waals surface area contributed by atoms with Gasteiger partial charge in [0.1, 0.15) is 5.82 Å². The second-order valence-corrected chi connectivity index (χ2v) is 6.97. The Kier molecular flexibility index (Phi) is 6.13. The highest BCUT2D eigenvalue weighted by atomic mass is 19.1. The van der Waals surface area contributed by atoms with Gasteiger partial charge in [-0.25, -0.2) is 4.39 Å². The summed E-state index contributed by atoms with van der Waals surface area (Å²) in [4.78, 5) is 11.4. The Balaban J connectivity index is 1.27. The number of ether oxygens (including phenoxy) is 1. The second kappa shape index (κ2) is 9.11. The number of rotatable bonds is 6. The fourth-order valence-electron chi connectivity index (χ4n) is 3.52. The van der Waals surface area contributed by atoms with Crippen LogP contribution in [0.2, 0.25) is 0 Å². The number of anilines is 3. The second-order valence-electron chi connectivity index (χ2n) is 6.97. The number of benzene rings is 1. The Morgan fingerprint density at radius 3 is 2.43 bits per heavy atom. The normalized spacial score (nSPS) is 18.3. The molecule has 0 atom stereocenters. The molecule has 8 nitrogen and oxygen atoms in total. The molecule has 3 heterocycles. The van der Waals surface area contributed by atoms with Crippen LogP contribution in [0.25, 0.3) is 0 Å². The molecular formula is C19H26FN7O. The lowest BCUT2D eigenvalue weighted by Gasteiger charge is -2.36. The molecular weight excluding hydrogens is 361 g/mol. The van der Waals surface area contributed by atoms with Crippen LogP contribution in [-0.4, -0.2) is 85.7 Å². The third kappa shape index (κ3) is 4.85. The van der Waals surface area contributed by atoms with E-state index in [-0.39, 0.29) is 5.82 Å². The maximum absolute atomic E-state index is 13.1. The molecule has 2 fully saturated rings. The van der Waals surface area contributed by atoms with Crippen LogP contribution in [-0.2, 0) is 4.74 Å². The van der Waals surface area contributed by atoms with Crippen molar-refractivity contribution in [2.24, 2.45) is 0 Å². The lowest BCUT2D eigenvalue weighted by atomic mass is 10.2. The van der Waals surface area contributed by atoms with Crippen LogP contribution in [0.5, 0.6) is 0 Å². The first-order valence-electron chi connectivity index (χ1n) is 9.77. The molecule has 0 spiro atoms. The molecule has 0 unspecified atom stereocenters. The zero-order chi connectivity index (χ0) is 19.2. The highest BCUT2D eigenvalue weighted by Gasteiger charge is 2.19. The van der Waals surface area contributed by atoms with Gasteiger partial charge in [0.15, 0.2) is 5.82 Å². The number of halogens is 1. The summed E-state index contributed by atoms with van der Waals surface area (Å²) < 4.78 is 18.5. The quantitative estimate of drug-likeness (QED) is 0.790. The summed E-state index contributed by atoms with van der Waals surface area (Å²) >= 11 is 0. The lowest BCUT2D eigenvalue weighted by molar-refractivity contribution is 0.0398. The van der Waals surface area contributed by atoms with Gasteiger partial charge in [0.25, 0.3) is 0 Å². The summed E-state index contributed by atoms with van der Waals surface area (Å²) in [6.45, 7) is 8.65. The SMILES string of the molecule is Fc1ccc(N2CCN(c3cnnc(NCCN4CCOCC4)n3)CC2)cc1. The highest BCUT2D eigenvalue weighted by Crippen LogP contribution is 2.19. The van der Waals surface area contributed by atoms with E-state index in [2.05, 4.69) is 35.2 Å². The molecule has 28 heavy (non-hydrogen) atoms. The van der Waals surface area contributed by atoms with Crippen molar-refractivity contribution < 1.29 is 9.13 Å². The molecule has 4 rings (SSSR count). The maximum atomic E-state index is 13.1. The van der Waals surface area contributed by atoms with E-state index in [0.29, 0.717) is 5.95 Å². The number of piperazine rings is 1. The summed E-state index contributed by atoms with van der Waals surface area (Å²) in [6, 6.07) is 6.66. The zero-order valence-corrected chi connectivity index (χ0v) is 15.9. The van der Waals surface area contributed by atoms with Gasteiger partial charge in [0, 0.05) is 58.0 Å². The van der Waals surface area contributed by atoms with Gasteiger partial charge in [-0.3, -0.25) is 4.90 Å². The van der Waals surface area contributed by atoms with Crippen molar-refractivity contribution in [3.8, 4) is 0 Å². The summed E-state index contributed by atoms with van der Waals surface area (Å²) in [5.74, 6) is 1.19. The Morgan fingerprint density at radius 1 is 0.964 bits per heavy atom. The highest BCUT2D eigenvalue weighted by molar-refractivity contribution is 5.49. The molecule has 150 valence electrons. The summed E-state index contributed by atoms with van der Waals surface area (Å²) in [6.07, 6.45) is 1.71. The van der Waals surface area contributed by atoms with E-state index in [1.165, 1.54) is 12.1 Å². The Morgan fingerprint density at radius 2 is 1.68 bits per heavy atom. The first-order valence-corrected chi connectivity index (χ1v) is 9.77. The number of hydrogen-bond donors (Lipinski definition) is 1. The van der Waals surface area contributed by atoms with Crippen LogP contribution in [0.4, 0.5) is 21.8 Å².